The molecule has 1 amide bonds. The summed E-state index contributed by atoms with van der Waals surface area (Å²) in [4.78, 5) is 14.2. The minimum Gasteiger partial charge on any atom is -0.355 e. The fraction of sp³-hybridized carbons (Fsp3) is 0.917. The van der Waals surface area contributed by atoms with Crippen LogP contribution in [0.25, 0.3) is 0 Å². The normalized spacial score (nSPS) is 21.1. The molecule has 5 heteroatoms. The van der Waals surface area contributed by atoms with Gasteiger partial charge in [-0.15, -0.1) is 12.4 Å². The van der Waals surface area contributed by atoms with Crippen molar-refractivity contribution in [1.29, 1.82) is 0 Å². The molecule has 1 fully saturated rings. The second-order valence-corrected chi connectivity index (χ2v) is 5.07. The van der Waals surface area contributed by atoms with Gasteiger partial charge in [-0.25, -0.2) is 0 Å². The number of carbonyl (C=O) groups is 1. The van der Waals surface area contributed by atoms with E-state index < -0.39 is 0 Å². The van der Waals surface area contributed by atoms with Gasteiger partial charge < -0.3 is 16.0 Å². The number of halogens is 1. The molecule has 0 spiro atoms. The molecule has 1 heterocycles. The SMILES string of the molecule is CC(C)CN1CCCC(C(=O)NCCN)C1.Cl. The molecule has 3 N–H and O–H groups in total. The average molecular weight is 264 g/mol. The minimum atomic E-state index is 0. The van der Waals surface area contributed by atoms with Crippen molar-refractivity contribution < 1.29 is 4.79 Å². The molecule has 1 aliphatic heterocycles. The van der Waals surface area contributed by atoms with Gasteiger partial charge in [0.25, 0.3) is 0 Å². The van der Waals surface area contributed by atoms with Gasteiger partial charge in [0.2, 0.25) is 5.91 Å². The van der Waals surface area contributed by atoms with Crippen LogP contribution in [0.4, 0.5) is 0 Å². The maximum absolute atomic E-state index is 11.8. The predicted octanol–water partition coefficient (Wildman–Crippen LogP) is 0.851. The lowest BCUT2D eigenvalue weighted by atomic mass is 9.96. The molecular formula is C12H26ClN3O. The highest BCUT2D eigenvalue weighted by molar-refractivity contribution is 5.85. The molecule has 0 saturated carbocycles. The first kappa shape index (κ1) is 16.7. The van der Waals surface area contributed by atoms with E-state index in [9.17, 15) is 4.79 Å². The van der Waals surface area contributed by atoms with Gasteiger partial charge in [-0.1, -0.05) is 13.8 Å². The van der Waals surface area contributed by atoms with Crippen molar-refractivity contribution in [3.8, 4) is 0 Å². The van der Waals surface area contributed by atoms with E-state index in [1.165, 1.54) is 0 Å². The third kappa shape index (κ3) is 6.24. The van der Waals surface area contributed by atoms with Gasteiger partial charge in [0.1, 0.15) is 0 Å². The summed E-state index contributed by atoms with van der Waals surface area (Å²) >= 11 is 0. The topological polar surface area (TPSA) is 58.4 Å². The van der Waals surface area contributed by atoms with Gasteiger partial charge in [-0.2, -0.15) is 0 Å². The van der Waals surface area contributed by atoms with Crippen LogP contribution in [0.1, 0.15) is 26.7 Å². The fourth-order valence-electron chi connectivity index (χ4n) is 2.29. The summed E-state index contributed by atoms with van der Waals surface area (Å²) in [6.45, 7) is 8.71. The molecule has 0 aromatic heterocycles. The number of nitrogens with two attached hydrogens (primary N) is 1. The maximum atomic E-state index is 11.8. The Hall–Kier alpha value is -0.320. The number of hydrogen-bond donors (Lipinski definition) is 2. The summed E-state index contributed by atoms with van der Waals surface area (Å²) in [6, 6.07) is 0. The molecule has 0 aromatic rings. The van der Waals surface area contributed by atoms with Crippen molar-refractivity contribution >= 4 is 18.3 Å². The molecule has 4 nitrogen and oxygen atoms in total. The second-order valence-electron chi connectivity index (χ2n) is 5.07. The van der Waals surface area contributed by atoms with Crippen molar-refractivity contribution in [3.05, 3.63) is 0 Å². The van der Waals surface area contributed by atoms with Crippen LogP contribution >= 0.6 is 12.4 Å². The zero-order chi connectivity index (χ0) is 12.0. The monoisotopic (exact) mass is 263 g/mol. The largest absolute Gasteiger partial charge is 0.355 e. The van der Waals surface area contributed by atoms with E-state index in [-0.39, 0.29) is 24.2 Å². The first-order chi connectivity index (χ1) is 7.63. The van der Waals surface area contributed by atoms with Crippen molar-refractivity contribution in [2.75, 3.05) is 32.7 Å². The van der Waals surface area contributed by atoms with E-state index in [4.69, 9.17) is 5.73 Å². The molecule has 1 unspecified atom stereocenters. The number of amides is 1. The van der Waals surface area contributed by atoms with Gasteiger partial charge in [-0.3, -0.25) is 4.79 Å². The van der Waals surface area contributed by atoms with E-state index in [1.807, 2.05) is 0 Å². The summed E-state index contributed by atoms with van der Waals surface area (Å²) < 4.78 is 0. The quantitative estimate of drug-likeness (QED) is 0.773. The number of rotatable bonds is 5. The Kier molecular flexibility index (Phi) is 8.56. The summed E-state index contributed by atoms with van der Waals surface area (Å²) in [7, 11) is 0. The standard InChI is InChI=1S/C12H25N3O.ClH/c1-10(2)8-15-7-3-4-11(9-15)12(16)14-6-5-13;/h10-11H,3-9,13H2,1-2H3,(H,14,16);1H. The van der Waals surface area contributed by atoms with Crippen LogP contribution in [0, 0.1) is 11.8 Å². The van der Waals surface area contributed by atoms with Crippen molar-refractivity contribution in [3.63, 3.8) is 0 Å². The molecule has 1 saturated heterocycles. The highest BCUT2D eigenvalue weighted by Gasteiger charge is 2.25. The third-order valence-corrected chi connectivity index (χ3v) is 2.94. The highest BCUT2D eigenvalue weighted by atomic mass is 35.5. The fourth-order valence-corrected chi connectivity index (χ4v) is 2.29. The molecule has 0 radical (unpaired) electrons. The van der Waals surface area contributed by atoms with Crippen LogP contribution < -0.4 is 11.1 Å². The van der Waals surface area contributed by atoms with E-state index in [0.717, 1.165) is 32.5 Å². The van der Waals surface area contributed by atoms with Crippen LogP contribution in [0.2, 0.25) is 0 Å². The first-order valence-electron chi connectivity index (χ1n) is 6.33. The smallest absolute Gasteiger partial charge is 0.224 e. The number of nitrogens with one attached hydrogen (secondary N) is 1. The molecule has 0 bridgehead atoms. The zero-order valence-electron chi connectivity index (χ0n) is 10.9. The van der Waals surface area contributed by atoms with Crippen molar-refractivity contribution in [2.24, 2.45) is 17.6 Å². The van der Waals surface area contributed by atoms with Crippen LogP contribution in [-0.4, -0.2) is 43.5 Å². The summed E-state index contributed by atoms with van der Waals surface area (Å²) in [5.41, 5.74) is 5.37. The molecule has 1 atom stereocenters. The lowest BCUT2D eigenvalue weighted by Crippen LogP contribution is -2.44. The Bertz CT molecular complexity index is 224. The van der Waals surface area contributed by atoms with Crippen molar-refractivity contribution in [2.45, 2.75) is 26.7 Å². The molecule has 1 aliphatic rings. The molecular weight excluding hydrogens is 238 g/mol. The van der Waals surface area contributed by atoms with E-state index in [2.05, 4.69) is 24.1 Å². The van der Waals surface area contributed by atoms with E-state index in [0.29, 0.717) is 19.0 Å². The molecule has 0 aliphatic carbocycles. The average Bonchev–Trinajstić information content (AvgIpc) is 2.25. The Balaban J connectivity index is 0.00000256. The maximum Gasteiger partial charge on any atom is 0.224 e. The Morgan fingerprint density at radius 1 is 1.53 bits per heavy atom. The third-order valence-electron chi connectivity index (χ3n) is 2.94. The molecule has 102 valence electrons. The van der Waals surface area contributed by atoms with Gasteiger partial charge in [0, 0.05) is 26.2 Å². The Morgan fingerprint density at radius 3 is 2.82 bits per heavy atom. The van der Waals surface area contributed by atoms with Gasteiger partial charge in [0.05, 0.1) is 5.92 Å². The summed E-state index contributed by atoms with van der Waals surface area (Å²) in [5.74, 6) is 1.02. The predicted molar refractivity (Wildman–Crippen MR) is 73.3 cm³/mol. The lowest BCUT2D eigenvalue weighted by Gasteiger charge is -2.33. The van der Waals surface area contributed by atoms with Crippen LogP contribution in [-0.2, 0) is 4.79 Å². The van der Waals surface area contributed by atoms with Crippen LogP contribution in [0.15, 0.2) is 0 Å². The lowest BCUT2D eigenvalue weighted by molar-refractivity contribution is -0.126. The first-order valence-corrected chi connectivity index (χ1v) is 6.33. The summed E-state index contributed by atoms with van der Waals surface area (Å²) in [6.07, 6.45) is 2.15. The van der Waals surface area contributed by atoms with Gasteiger partial charge in [-0.05, 0) is 25.3 Å². The number of piperidine rings is 1. The number of likely N-dealkylation sites (tertiary alicyclic amines) is 1. The highest BCUT2D eigenvalue weighted by Crippen LogP contribution is 2.17. The van der Waals surface area contributed by atoms with E-state index >= 15 is 0 Å². The van der Waals surface area contributed by atoms with Gasteiger partial charge >= 0.3 is 0 Å². The minimum absolute atomic E-state index is 0. The Morgan fingerprint density at radius 2 is 2.24 bits per heavy atom. The van der Waals surface area contributed by atoms with Gasteiger partial charge in [0.15, 0.2) is 0 Å². The zero-order valence-corrected chi connectivity index (χ0v) is 11.8. The Labute approximate surface area is 111 Å². The van der Waals surface area contributed by atoms with E-state index in [1.54, 1.807) is 0 Å². The number of nitrogens with zero attached hydrogens (tertiary/aromatic N) is 1. The van der Waals surface area contributed by atoms with Crippen molar-refractivity contribution in [1.82, 2.24) is 10.2 Å². The van der Waals surface area contributed by atoms with Crippen LogP contribution in [0.3, 0.4) is 0 Å². The number of carbonyl (C=O) groups excluding carboxylic acids is 1. The van der Waals surface area contributed by atoms with Crippen LogP contribution in [0.5, 0.6) is 0 Å². The summed E-state index contributed by atoms with van der Waals surface area (Å²) in [5, 5.41) is 2.89. The second kappa shape index (κ2) is 8.72. The molecule has 1 rings (SSSR count). The molecule has 17 heavy (non-hydrogen) atoms. The number of hydrogen-bond acceptors (Lipinski definition) is 3. The molecule has 0 aromatic carbocycles.